The van der Waals surface area contributed by atoms with Crippen molar-refractivity contribution in [3.8, 4) is 0 Å². The van der Waals surface area contributed by atoms with Gasteiger partial charge in [-0.1, -0.05) is 20.8 Å². The standard InChI is InChI=1S/C24H34ClFO5/c1-4-20(30)31-23(19(29)13-25)10-8-16-17-6-5-14-11-15(27)7-9-21(14,2)24(17,26)18(28)12-22(16,23)3/h14,16-18,28H,4-13H2,1-3H3/t14?,16-,17-,18?,21-,22-,23-,24-/m0/s1. The summed E-state index contributed by atoms with van der Waals surface area (Å²) in [6.45, 7) is 5.45. The zero-order valence-electron chi connectivity index (χ0n) is 18.7. The molecule has 0 amide bonds. The van der Waals surface area contributed by atoms with Gasteiger partial charge < -0.3 is 9.84 Å². The van der Waals surface area contributed by atoms with Gasteiger partial charge in [0.05, 0.1) is 12.0 Å². The predicted octanol–water partition coefficient (Wildman–Crippen LogP) is 4.16. The zero-order chi connectivity index (χ0) is 22.8. The van der Waals surface area contributed by atoms with Gasteiger partial charge in [0, 0.05) is 30.1 Å². The van der Waals surface area contributed by atoms with E-state index in [-0.39, 0.29) is 42.1 Å². The first-order chi connectivity index (χ1) is 14.5. The number of halogens is 2. The molecule has 0 aromatic rings. The van der Waals surface area contributed by atoms with E-state index >= 15 is 4.39 Å². The first-order valence-corrected chi connectivity index (χ1v) is 12.2. The minimum absolute atomic E-state index is 0.0422. The second kappa shape index (κ2) is 7.51. The van der Waals surface area contributed by atoms with Gasteiger partial charge in [0.25, 0.3) is 0 Å². The summed E-state index contributed by atoms with van der Waals surface area (Å²) in [5.74, 6) is -1.66. The summed E-state index contributed by atoms with van der Waals surface area (Å²) in [5, 5.41) is 11.4. The molecule has 31 heavy (non-hydrogen) atoms. The molecule has 4 fully saturated rings. The minimum atomic E-state index is -1.82. The maximum absolute atomic E-state index is 17.1. The molecule has 5 nitrogen and oxygen atoms in total. The first kappa shape index (κ1) is 23.2. The zero-order valence-corrected chi connectivity index (χ0v) is 19.5. The van der Waals surface area contributed by atoms with Gasteiger partial charge in [-0.25, -0.2) is 4.39 Å². The number of fused-ring (bicyclic) bond motifs is 5. The molecule has 0 radical (unpaired) electrons. The third-order valence-corrected chi connectivity index (χ3v) is 10.1. The number of rotatable bonds is 4. The van der Waals surface area contributed by atoms with Crippen LogP contribution < -0.4 is 0 Å². The fourth-order valence-corrected chi connectivity index (χ4v) is 8.31. The van der Waals surface area contributed by atoms with Crippen LogP contribution in [0.1, 0.15) is 78.6 Å². The van der Waals surface area contributed by atoms with Crippen LogP contribution in [0.15, 0.2) is 0 Å². The highest BCUT2D eigenvalue weighted by molar-refractivity contribution is 6.29. The van der Waals surface area contributed by atoms with Crippen molar-refractivity contribution in [3.05, 3.63) is 0 Å². The number of esters is 1. The number of carbonyl (C=O) groups excluding carboxylic acids is 3. The molecule has 4 rings (SSSR count). The summed E-state index contributed by atoms with van der Waals surface area (Å²) in [6.07, 6.45) is 2.22. The number of aliphatic hydroxyl groups is 1. The van der Waals surface area contributed by atoms with Gasteiger partial charge in [0.1, 0.15) is 11.5 Å². The molecule has 4 aliphatic carbocycles. The van der Waals surface area contributed by atoms with Crippen LogP contribution in [-0.4, -0.2) is 45.9 Å². The Kier molecular flexibility index (Phi) is 5.61. The number of hydrogen-bond acceptors (Lipinski definition) is 5. The van der Waals surface area contributed by atoms with E-state index in [0.717, 1.165) is 6.42 Å². The third-order valence-electron chi connectivity index (χ3n) is 9.82. The number of ether oxygens (including phenoxy) is 1. The van der Waals surface area contributed by atoms with Crippen LogP contribution in [0.2, 0.25) is 0 Å². The van der Waals surface area contributed by atoms with Crippen LogP contribution in [0.5, 0.6) is 0 Å². The molecule has 0 saturated heterocycles. The van der Waals surface area contributed by atoms with Gasteiger partial charge in [-0.3, -0.25) is 14.4 Å². The Bertz CT molecular complexity index is 803. The van der Waals surface area contributed by atoms with Gasteiger partial charge in [-0.05, 0) is 56.3 Å². The maximum Gasteiger partial charge on any atom is 0.306 e. The highest BCUT2D eigenvalue weighted by Gasteiger charge is 2.76. The quantitative estimate of drug-likeness (QED) is 0.507. The van der Waals surface area contributed by atoms with Gasteiger partial charge in [-0.15, -0.1) is 11.6 Å². The molecule has 0 bridgehead atoms. The summed E-state index contributed by atoms with van der Waals surface area (Å²) >= 11 is 5.96. The van der Waals surface area contributed by atoms with E-state index in [2.05, 4.69) is 0 Å². The Hall–Kier alpha value is -1.01. The number of Topliss-reactive ketones (excluding diaryl/α,β-unsaturated/α-hetero) is 2. The van der Waals surface area contributed by atoms with Crippen molar-refractivity contribution in [3.63, 3.8) is 0 Å². The lowest BCUT2D eigenvalue weighted by atomic mass is 9.42. The molecule has 2 unspecified atom stereocenters. The summed E-state index contributed by atoms with van der Waals surface area (Å²) < 4.78 is 23.0. The summed E-state index contributed by atoms with van der Waals surface area (Å²) in [6, 6.07) is 0. The van der Waals surface area contributed by atoms with Crippen molar-refractivity contribution in [1.82, 2.24) is 0 Å². The molecule has 0 spiro atoms. The number of aliphatic hydroxyl groups excluding tert-OH is 1. The van der Waals surface area contributed by atoms with E-state index in [1.165, 1.54) is 0 Å². The molecular formula is C24H34ClFO5. The maximum atomic E-state index is 17.1. The van der Waals surface area contributed by atoms with Gasteiger partial charge >= 0.3 is 5.97 Å². The molecule has 8 atom stereocenters. The highest BCUT2D eigenvalue weighted by atomic mass is 35.5. The number of hydrogen-bond donors (Lipinski definition) is 1. The lowest BCUT2D eigenvalue weighted by Crippen LogP contribution is -2.71. The Morgan fingerprint density at radius 3 is 2.52 bits per heavy atom. The highest BCUT2D eigenvalue weighted by Crippen LogP contribution is 2.71. The molecule has 0 aromatic carbocycles. The Labute approximate surface area is 188 Å². The first-order valence-electron chi connectivity index (χ1n) is 11.7. The van der Waals surface area contributed by atoms with Crippen LogP contribution in [0.4, 0.5) is 4.39 Å². The van der Waals surface area contributed by atoms with Gasteiger partial charge in [-0.2, -0.15) is 0 Å². The van der Waals surface area contributed by atoms with Crippen molar-refractivity contribution in [1.29, 1.82) is 0 Å². The van der Waals surface area contributed by atoms with Crippen LogP contribution in [0.25, 0.3) is 0 Å². The molecule has 0 aliphatic heterocycles. The number of alkyl halides is 2. The van der Waals surface area contributed by atoms with E-state index in [1.807, 2.05) is 13.8 Å². The average Bonchev–Trinajstić information content (AvgIpc) is 3.01. The van der Waals surface area contributed by atoms with Crippen molar-refractivity contribution >= 4 is 29.1 Å². The molecule has 1 N–H and O–H groups in total. The minimum Gasteiger partial charge on any atom is -0.450 e. The van der Waals surface area contributed by atoms with Gasteiger partial charge in [0.15, 0.2) is 11.4 Å². The lowest BCUT2D eigenvalue weighted by molar-refractivity contribution is -0.256. The molecule has 4 aliphatic rings. The van der Waals surface area contributed by atoms with Crippen LogP contribution in [0, 0.1) is 28.6 Å². The van der Waals surface area contributed by atoms with Crippen molar-refractivity contribution in [2.24, 2.45) is 28.6 Å². The van der Waals surface area contributed by atoms with Crippen molar-refractivity contribution in [2.45, 2.75) is 95.9 Å². The average molecular weight is 457 g/mol. The largest absolute Gasteiger partial charge is 0.450 e. The summed E-state index contributed by atoms with van der Waals surface area (Å²) in [7, 11) is 0. The van der Waals surface area contributed by atoms with Crippen molar-refractivity contribution < 1.29 is 28.6 Å². The van der Waals surface area contributed by atoms with Gasteiger partial charge in [0.2, 0.25) is 0 Å². The normalized spacial score (nSPS) is 49.0. The molecule has 4 saturated carbocycles. The lowest BCUT2D eigenvalue weighted by Gasteiger charge is -2.65. The fraction of sp³-hybridized carbons (Fsp3) is 0.875. The second-order valence-corrected chi connectivity index (χ2v) is 11.1. The second-order valence-electron chi connectivity index (χ2n) is 10.8. The molecule has 7 heteroatoms. The third kappa shape index (κ3) is 2.86. The summed E-state index contributed by atoms with van der Waals surface area (Å²) in [4.78, 5) is 37.5. The van der Waals surface area contributed by atoms with Crippen LogP contribution in [0.3, 0.4) is 0 Å². The molecule has 174 valence electrons. The van der Waals surface area contributed by atoms with Crippen LogP contribution in [-0.2, 0) is 19.1 Å². The Morgan fingerprint density at radius 2 is 1.87 bits per heavy atom. The van der Waals surface area contributed by atoms with Crippen LogP contribution >= 0.6 is 11.6 Å². The Morgan fingerprint density at radius 1 is 1.16 bits per heavy atom. The summed E-state index contributed by atoms with van der Waals surface area (Å²) in [5.41, 5.74) is -4.89. The molecule has 0 aromatic heterocycles. The predicted molar refractivity (Wildman–Crippen MR) is 113 cm³/mol. The van der Waals surface area contributed by atoms with E-state index in [0.29, 0.717) is 38.5 Å². The molecular weight excluding hydrogens is 423 g/mol. The van der Waals surface area contributed by atoms with E-state index < -0.39 is 40.1 Å². The van der Waals surface area contributed by atoms with Crippen molar-refractivity contribution in [2.75, 3.05) is 5.88 Å². The monoisotopic (exact) mass is 456 g/mol. The topological polar surface area (TPSA) is 80.7 Å². The van der Waals surface area contributed by atoms with E-state index in [4.69, 9.17) is 16.3 Å². The van der Waals surface area contributed by atoms with E-state index in [9.17, 15) is 19.5 Å². The van der Waals surface area contributed by atoms with E-state index in [1.54, 1.807) is 6.92 Å². The Balaban J connectivity index is 1.77. The fourth-order valence-electron chi connectivity index (χ4n) is 8.10. The molecule has 0 heterocycles. The SMILES string of the molecule is CCC(=O)O[C@]1(C(=O)CCl)CC[C@H]2[C@@H]3CCC4CC(=O)CC[C@]4(C)[C@@]3(F)C(O)C[C@@]21C. The number of carbonyl (C=O) groups is 3. The number of ketones is 2. The smallest absolute Gasteiger partial charge is 0.306 e.